The zero-order valence-electron chi connectivity index (χ0n) is 12.1. The summed E-state index contributed by atoms with van der Waals surface area (Å²) in [7, 11) is 0. The van der Waals surface area contributed by atoms with Gasteiger partial charge in [0, 0.05) is 30.7 Å². The number of hydrogen-bond acceptors (Lipinski definition) is 2. The van der Waals surface area contributed by atoms with Crippen molar-refractivity contribution in [1.29, 1.82) is 0 Å². The van der Waals surface area contributed by atoms with Crippen molar-refractivity contribution in [2.75, 3.05) is 19.6 Å². The molecule has 0 spiro atoms. The fourth-order valence-electron chi connectivity index (χ4n) is 3.25. The lowest BCUT2D eigenvalue weighted by atomic mass is 9.84. The smallest absolute Gasteiger partial charge is 0.244 e. The van der Waals surface area contributed by atoms with Gasteiger partial charge in [0.1, 0.15) is 0 Å². The van der Waals surface area contributed by atoms with E-state index in [9.17, 15) is 4.79 Å². The molecule has 4 heteroatoms. The molecule has 1 aromatic carbocycles. The first-order valence-electron chi connectivity index (χ1n) is 7.66. The quantitative estimate of drug-likeness (QED) is 0.862. The van der Waals surface area contributed by atoms with Crippen LogP contribution in [0.5, 0.6) is 0 Å². The van der Waals surface area contributed by atoms with E-state index in [0.29, 0.717) is 12.5 Å². The number of nitrogens with one attached hydrogen (secondary N) is 1. The molecule has 1 aromatic rings. The largest absolute Gasteiger partial charge is 0.348 e. The van der Waals surface area contributed by atoms with Gasteiger partial charge in [0.2, 0.25) is 5.91 Å². The van der Waals surface area contributed by atoms with Gasteiger partial charge < -0.3 is 10.2 Å². The van der Waals surface area contributed by atoms with E-state index in [1.165, 1.54) is 25.0 Å². The molecule has 0 aromatic heterocycles. The number of piperidine rings is 2. The number of carbonyl (C=O) groups excluding carboxylic acids is 1. The molecule has 1 N–H and O–H groups in total. The lowest BCUT2D eigenvalue weighted by Crippen LogP contribution is -2.41. The van der Waals surface area contributed by atoms with E-state index < -0.39 is 0 Å². The predicted octanol–water partition coefficient (Wildman–Crippen LogP) is 3.63. The average molecular weight is 321 g/mol. The van der Waals surface area contributed by atoms with Gasteiger partial charge in [0.05, 0.1) is 0 Å². The standard InChI is InChI=1S/C17H21ClN2O.CH4/c18-16-5-3-13(4-6-16)11-19-17(21)10-14-7-9-20-8-1-2-15(14)12-20;/h3-6,10,15H,1-2,7-9,11-12H2,(H,19,21);1H4. The molecule has 2 aliphatic heterocycles. The molecule has 0 aliphatic carbocycles. The van der Waals surface area contributed by atoms with Gasteiger partial charge in [-0.2, -0.15) is 0 Å². The van der Waals surface area contributed by atoms with E-state index in [1.807, 2.05) is 30.3 Å². The molecule has 2 fully saturated rings. The number of hydrogen-bond donors (Lipinski definition) is 1. The first-order chi connectivity index (χ1) is 10.2. The van der Waals surface area contributed by atoms with Crippen molar-refractivity contribution >= 4 is 17.5 Å². The number of benzene rings is 1. The molecule has 0 saturated carbocycles. The maximum atomic E-state index is 12.1. The molecule has 2 atom stereocenters. The molecule has 1 amide bonds. The van der Waals surface area contributed by atoms with Crippen molar-refractivity contribution in [3.63, 3.8) is 0 Å². The third-order valence-corrected chi connectivity index (χ3v) is 4.70. The molecule has 22 heavy (non-hydrogen) atoms. The van der Waals surface area contributed by atoms with Gasteiger partial charge in [0.25, 0.3) is 0 Å². The van der Waals surface area contributed by atoms with Crippen LogP contribution in [0.1, 0.15) is 32.3 Å². The summed E-state index contributed by atoms with van der Waals surface area (Å²) in [5.41, 5.74) is 2.40. The van der Waals surface area contributed by atoms with Crippen LogP contribution in [0.2, 0.25) is 5.02 Å². The van der Waals surface area contributed by atoms with Crippen LogP contribution in [-0.2, 0) is 11.3 Å². The van der Waals surface area contributed by atoms with Crippen molar-refractivity contribution in [2.45, 2.75) is 33.2 Å². The number of nitrogens with zero attached hydrogens (tertiary/aromatic N) is 1. The van der Waals surface area contributed by atoms with E-state index in [-0.39, 0.29) is 13.3 Å². The number of fused-ring (bicyclic) bond motifs is 2. The molecule has 2 saturated heterocycles. The van der Waals surface area contributed by atoms with Crippen LogP contribution in [0.4, 0.5) is 0 Å². The van der Waals surface area contributed by atoms with Crippen molar-refractivity contribution in [3.8, 4) is 0 Å². The first kappa shape index (κ1) is 17.0. The second-order valence-corrected chi connectivity index (χ2v) is 6.39. The van der Waals surface area contributed by atoms with Crippen molar-refractivity contribution in [3.05, 3.63) is 46.5 Å². The van der Waals surface area contributed by atoms with E-state index in [4.69, 9.17) is 11.6 Å². The van der Waals surface area contributed by atoms with Crippen LogP contribution in [0.15, 0.2) is 35.9 Å². The van der Waals surface area contributed by atoms with Crippen molar-refractivity contribution in [1.82, 2.24) is 10.2 Å². The molecule has 2 bridgehead atoms. The monoisotopic (exact) mass is 320 g/mol. The Morgan fingerprint density at radius 2 is 2.09 bits per heavy atom. The lowest BCUT2D eigenvalue weighted by Gasteiger charge is -2.39. The minimum Gasteiger partial charge on any atom is -0.348 e. The van der Waals surface area contributed by atoms with Gasteiger partial charge in [-0.25, -0.2) is 0 Å². The van der Waals surface area contributed by atoms with Gasteiger partial charge in [-0.3, -0.25) is 4.79 Å². The molecule has 2 aliphatic rings. The van der Waals surface area contributed by atoms with Crippen LogP contribution in [0.25, 0.3) is 0 Å². The molecule has 2 heterocycles. The maximum Gasteiger partial charge on any atom is 0.244 e. The minimum atomic E-state index is 0. The second kappa shape index (κ2) is 7.80. The van der Waals surface area contributed by atoms with E-state index in [2.05, 4.69) is 10.2 Å². The summed E-state index contributed by atoms with van der Waals surface area (Å²) in [5, 5.41) is 3.69. The summed E-state index contributed by atoms with van der Waals surface area (Å²) < 4.78 is 0. The molecular formula is C18H25ClN2O. The van der Waals surface area contributed by atoms with E-state index >= 15 is 0 Å². The van der Waals surface area contributed by atoms with Crippen LogP contribution < -0.4 is 5.32 Å². The summed E-state index contributed by atoms with van der Waals surface area (Å²) >= 11 is 5.85. The number of rotatable bonds is 3. The highest BCUT2D eigenvalue weighted by Crippen LogP contribution is 2.30. The maximum absolute atomic E-state index is 12.1. The van der Waals surface area contributed by atoms with Crippen LogP contribution in [-0.4, -0.2) is 30.4 Å². The number of halogens is 1. The Morgan fingerprint density at radius 1 is 1.32 bits per heavy atom. The van der Waals surface area contributed by atoms with Crippen LogP contribution >= 0.6 is 11.6 Å². The van der Waals surface area contributed by atoms with Crippen LogP contribution in [0, 0.1) is 5.92 Å². The molecule has 120 valence electrons. The summed E-state index contributed by atoms with van der Waals surface area (Å²) in [6, 6.07) is 7.57. The first-order valence-corrected chi connectivity index (χ1v) is 8.03. The Morgan fingerprint density at radius 3 is 2.86 bits per heavy atom. The Kier molecular flexibility index (Phi) is 6.04. The Labute approximate surface area is 138 Å². The summed E-state index contributed by atoms with van der Waals surface area (Å²) in [6.07, 6.45) is 5.36. The van der Waals surface area contributed by atoms with Crippen LogP contribution in [0.3, 0.4) is 0 Å². The van der Waals surface area contributed by atoms with Crippen molar-refractivity contribution < 1.29 is 4.79 Å². The third kappa shape index (κ3) is 4.34. The lowest BCUT2D eigenvalue weighted by molar-refractivity contribution is -0.116. The molecule has 3 nitrogen and oxygen atoms in total. The van der Waals surface area contributed by atoms with Gasteiger partial charge in [0.15, 0.2) is 0 Å². The zero-order chi connectivity index (χ0) is 14.7. The summed E-state index contributed by atoms with van der Waals surface area (Å²) in [5.74, 6) is 0.618. The van der Waals surface area contributed by atoms with E-state index in [0.717, 1.165) is 30.1 Å². The van der Waals surface area contributed by atoms with E-state index in [1.54, 1.807) is 0 Å². The number of carbonyl (C=O) groups is 1. The summed E-state index contributed by atoms with van der Waals surface area (Å²) in [6.45, 7) is 4.02. The fraction of sp³-hybridized carbons (Fsp3) is 0.500. The number of amides is 1. The van der Waals surface area contributed by atoms with Gasteiger partial charge in [-0.1, -0.05) is 36.7 Å². The molecule has 2 unspecified atom stereocenters. The molecule has 3 rings (SSSR count). The van der Waals surface area contributed by atoms with Gasteiger partial charge >= 0.3 is 0 Å². The third-order valence-electron chi connectivity index (χ3n) is 4.44. The highest BCUT2D eigenvalue weighted by atomic mass is 35.5. The zero-order valence-corrected chi connectivity index (χ0v) is 12.9. The normalized spacial score (nSPS) is 25.4. The minimum absolute atomic E-state index is 0. The highest BCUT2D eigenvalue weighted by Gasteiger charge is 2.27. The van der Waals surface area contributed by atoms with Gasteiger partial charge in [-0.05, 0) is 49.4 Å². The fourth-order valence-corrected chi connectivity index (χ4v) is 3.38. The Bertz CT molecular complexity index is 539. The molecular weight excluding hydrogens is 296 g/mol. The Balaban J connectivity index is 0.00000176. The van der Waals surface area contributed by atoms with Crippen molar-refractivity contribution in [2.24, 2.45) is 5.92 Å². The average Bonchev–Trinajstić information content (AvgIpc) is 2.50. The van der Waals surface area contributed by atoms with Gasteiger partial charge in [-0.15, -0.1) is 0 Å². The summed E-state index contributed by atoms with van der Waals surface area (Å²) in [4.78, 5) is 14.6. The molecule has 0 radical (unpaired) electrons. The highest BCUT2D eigenvalue weighted by molar-refractivity contribution is 6.30. The second-order valence-electron chi connectivity index (χ2n) is 5.95. The Hall–Kier alpha value is -1.32. The predicted molar refractivity (Wildman–Crippen MR) is 91.9 cm³/mol. The SMILES string of the molecule is C.O=C(C=C1CCN2CCCC1C2)NCc1ccc(Cl)cc1. The topological polar surface area (TPSA) is 32.3 Å².